The van der Waals surface area contributed by atoms with Gasteiger partial charge in [0.05, 0.1) is 18.2 Å². The predicted molar refractivity (Wildman–Crippen MR) is 79.3 cm³/mol. The highest BCUT2D eigenvalue weighted by atomic mass is 32.2. The molecule has 0 saturated carbocycles. The molecular formula is C14H26N2OS. The summed E-state index contributed by atoms with van der Waals surface area (Å²) in [6.07, 6.45) is 3.50. The first kappa shape index (κ1) is 14.2. The third kappa shape index (κ3) is 3.64. The van der Waals surface area contributed by atoms with Gasteiger partial charge >= 0.3 is 0 Å². The van der Waals surface area contributed by atoms with Crippen LogP contribution < -0.4 is 5.32 Å². The Kier molecular flexibility index (Phi) is 4.27. The van der Waals surface area contributed by atoms with Crippen molar-refractivity contribution < 1.29 is 4.74 Å². The Morgan fingerprint density at radius 2 is 2.22 bits per heavy atom. The van der Waals surface area contributed by atoms with Crippen molar-refractivity contribution in [1.29, 1.82) is 0 Å². The van der Waals surface area contributed by atoms with E-state index in [1.54, 1.807) is 0 Å². The second kappa shape index (κ2) is 5.41. The third-order valence-electron chi connectivity index (χ3n) is 3.75. The lowest BCUT2D eigenvalue weighted by atomic mass is 9.85. The standard InChI is InChI=1S/C14H26N2OS/c1-13(2,3)11-6-9-18-12(15-11)16-14(4)7-5-8-17-10-14/h11H,5-10H2,1-4H3,(H,15,16). The molecular weight excluding hydrogens is 244 g/mol. The Balaban J connectivity index is 2.01. The smallest absolute Gasteiger partial charge is 0.157 e. The maximum Gasteiger partial charge on any atom is 0.157 e. The summed E-state index contributed by atoms with van der Waals surface area (Å²) in [6, 6.07) is 0.439. The number of nitrogens with one attached hydrogen (secondary N) is 1. The number of aliphatic imine (C=N–C) groups is 1. The number of amidine groups is 1. The minimum atomic E-state index is 0.0733. The lowest BCUT2D eigenvalue weighted by Crippen LogP contribution is -2.51. The van der Waals surface area contributed by atoms with Gasteiger partial charge < -0.3 is 10.1 Å². The largest absolute Gasteiger partial charge is 0.379 e. The molecule has 1 saturated heterocycles. The summed E-state index contributed by atoms with van der Waals surface area (Å²) in [4.78, 5) is 4.91. The molecule has 0 aliphatic carbocycles. The minimum absolute atomic E-state index is 0.0733. The molecule has 0 radical (unpaired) electrons. The van der Waals surface area contributed by atoms with Crippen molar-refractivity contribution in [2.75, 3.05) is 19.0 Å². The number of ether oxygens (including phenoxy) is 1. The van der Waals surface area contributed by atoms with Crippen LogP contribution in [-0.4, -0.2) is 35.7 Å². The van der Waals surface area contributed by atoms with E-state index in [1.807, 2.05) is 11.8 Å². The molecule has 2 aliphatic heterocycles. The van der Waals surface area contributed by atoms with Crippen molar-refractivity contribution in [3.63, 3.8) is 0 Å². The lowest BCUT2D eigenvalue weighted by molar-refractivity contribution is 0.0374. The zero-order valence-corrected chi connectivity index (χ0v) is 12.9. The average molecular weight is 270 g/mol. The van der Waals surface area contributed by atoms with Crippen LogP contribution in [0.1, 0.15) is 47.0 Å². The van der Waals surface area contributed by atoms with Gasteiger partial charge in [0.2, 0.25) is 0 Å². The molecule has 3 nitrogen and oxygen atoms in total. The first-order valence-corrected chi connectivity index (χ1v) is 7.94. The average Bonchev–Trinajstić information content (AvgIpc) is 2.28. The van der Waals surface area contributed by atoms with Gasteiger partial charge in [0.25, 0.3) is 0 Å². The number of rotatable bonds is 1. The number of hydrogen-bond acceptors (Lipinski definition) is 4. The van der Waals surface area contributed by atoms with E-state index < -0.39 is 0 Å². The van der Waals surface area contributed by atoms with Crippen molar-refractivity contribution in [2.24, 2.45) is 10.4 Å². The van der Waals surface area contributed by atoms with E-state index in [0.29, 0.717) is 6.04 Å². The molecule has 0 spiro atoms. The number of hydrogen-bond donors (Lipinski definition) is 1. The molecule has 2 atom stereocenters. The Morgan fingerprint density at radius 1 is 1.44 bits per heavy atom. The Hall–Kier alpha value is -0.220. The fraction of sp³-hybridized carbons (Fsp3) is 0.929. The summed E-state index contributed by atoms with van der Waals surface area (Å²) in [7, 11) is 0. The van der Waals surface area contributed by atoms with Crippen LogP contribution in [0, 0.1) is 5.41 Å². The third-order valence-corrected chi connectivity index (χ3v) is 4.67. The molecule has 1 N–H and O–H groups in total. The van der Waals surface area contributed by atoms with Gasteiger partial charge in [-0.3, -0.25) is 4.99 Å². The zero-order valence-electron chi connectivity index (χ0n) is 12.1. The van der Waals surface area contributed by atoms with Crippen LogP contribution in [0.2, 0.25) is 0 Å². The maximum absolute atomic E-state index is 5.59. The highest BCUT2D eigenvalue weighted by molar-refractivity contribution is 8.13. The van der Waals surface area contributed by atoms with Gasteiger partial charge in [-0.1, -0.05) is 32.5 Å². The van der Waals surface area contributed by atoms with Crippen molar-refractivity contribution in [2.45, 2.75) is 58.5 Å². The summed E-state index contributed by atoms with van der Waals surface area (Å²) < 4.78 is 5.59. The Labute approximate surface area is 115 Å². The molecule has 0 aromatic carbocycles. The summed E-state index contributed by atoms with van der Waals surface area (Å²) in [5, 5.41) is 4.74. The molecule has 0 bridgehead atoms. The van der Waals surface area contributed by atoms with Crippen LogP contribution in [-0.2, 0) is 4.74 Å². The second-order valence-corrected chi connectivity index (χ2v) is 7.88. The molecule has 2 unspecified atom stereocenters. The van der Waals surface area contributed by atoms with E-state index in [1.165, 1.54) is 18.6 Å². The number of nitrogens with zero attached hydrogens (tertiary/aromatic N) is 1. The minimum Gasteiger partial charge on any atom is -0.379 e. The topological polar surface area (TPSA) is 33.6 Å². The Bertz CT molecular complexity index is 316. The predicted octanol–water partition coefficient (Wildman–Crippen LogP) is 3.05. The van der Waals surface area contributed by atoms with E-state index in [-0.39, 0.29) is 11.0 Å². The monoisotopic (exact) mass is 270 g/mol. The Morgan fingerprint density at radius 3 is 2.83 bits per heavy atom. The fourth-order valence-corrected chi connectivity index (χ4v) is 3.55. The van der Waals surface area contributed by atoms with E-state index in [2.05, 4.69) is 33.0 Å². The van der Waals surface area contributed by atoms with Gasteiger partial charge in [0.15, 0.2) is 5.17 Å². The van der Waals surface area contributed by atoms with Crippen molar-refractivity contribution >= 4 is 16.9 Å². The van der Waals surface area contributed by atoms with E-state index in [9.17, 15) is 0 Å². The highest BCUT2D eigenvalue weighted by Gasteiger charge is 2.32. The van der Waals surface area contributed by atoms with Gasteiger partial charge in [-0.2, -0.15) is 0 Å². The quantitative estimate of drug-likeness (QED) is 0.795. The maximum atomic E-state index is 5.59. The molecule has 1 fully saturated rings. The summed E-state index contributed by atoms with van der Waals surface area (Å²) in [5.74, 6) is 1.17. The molecule has 2 aliphatic rings. The first-order chi connectivity index (χ1) is 8.39. The molecule has 0 aromatic rings. The van der Waals surface area contributed by atoms with Crippen molar-refractivity contribution in [1.82, 2.24) is 5.32 Å². The molecule has 18 heavy (non-hydrogen) atoms. The SMILES string of the molecule is CC1(NC2=NC(C(C)(C)C)CCS2)CCCOC1. The van der Waals surface area contributed by atoms with Gasteiger partial charge in [0, 0.05) is 12.4 Å². The van der Waals surface area contributed by atoms with Crippen molar-refractivity contribution in [3.05, 3.63) is 0 Å². The summed E-state index contributed by atoms with van der Waals surface area (Å²) in [5.41, 5.74) is 0.335. The van der Waals surface area contributed by atoms with Gasteiger partial charge in [-0.25, -0.2) is 0 Å². The van der Waals surface area contributed by atoms with Crippen LogP contribution in [0.5, 0.6) is 0 Å². The van der Waals surface area contributed by atoms with Gasteiger partial charge in [0.1, 0.15) is 0 Å². The highest BCUT2D eigenvalue weighted by Crippen LogP contribution is 2.31. The van der Waals surface area contributed by atoms with E-state index in [4.69, 9.17) is 9.73 Å². The van der Waals surface area contributed by atoms with Gasteiger partial charge in [-0.05, 0) is 31.6 Å². The normalized spacial score (nSPS) is 34.0. The van der Waals surface area contributed by atoms with Crippen molar-refractivity contribution in [3.8, 4) is 0 Å². The molecule has 104 valence electrons. The summed E-state index contributed by atoms with van der Waals surface area (Å²) >= 11 is 1.86. The molecule has 2 heterocycles. The molecule has 0 amide bonds. The lowest BCUT2D eigenvalue weighted by Gasteiger charge is -2.38. The van der Waals surface area contributed by atoms with Crippen LogP contribution >= 0.6 is 11.8 Å². The zero-order chi connectivity index (χ0) is 13.2. The molecule has 2 rings (SSSR count). The van der Waals surface area contributed by atoms with Gasteiger partial charge in [-0.15, -0.1) is 0 Å². The van der Waals surface area contributed by atoms with E-state index in [0.717, 1.165) is 24.8 Å². The number of thioether (sulfide) groups is 1. The first-order valence-electron chi connectivity index (χ1n) is 6.96. The fourth-order valence-electron chi connectivity index (χ4n) is 2.50. The second-order valence-electron chi connectivity index (χ2n) is 6.80. The van der Waals surface area contributed by atoms with Crippen LogP contribution in [0.3, 0.4) is 0 Å². The van der Waals surface area contributed by atoms with Crippen LogP contribution in [0.15, 0.2) is 4.99 Å². The molecule has 0 aromatic heterocycles. The summed E-state index contributed by atoms with van der Waals surface area (Å²) in [6.45, 7) is 10.8. The van der Waals surface area contributed by atoms with Crippen LogP contribution in [0.25, 0.3) is 0 Å². The molecule has 4 heteroatoms. The van der Waals surface area contributed by atoms with Crippen LogP contribution in [0.4, 0.5) is 0 Å². The van der Waals surface area contributed by atoms with E-state index >= 15 is 0 Å².